The van der Waals surface area contributed by atoms with E-state index < -0.39 is 0 Å². The molecule has 4 aromatic carbocycles. The number of hydrogen-bond acceptors (Lipinski definition) is 0. The molecule has 4 aliphatic rings. The standard InChI is InChI=1S/C25H25.C13H10.C13H21.Zn/c1-14-12-24(3,4)22-8-16-7-17-9-23-19(15(2)13-25(23,5)6)11-21(17)20(16)10-18(14)22;1-3-7-12(8-4-1)11-13-9-5-2-6-10-13;1-5-6-7-11-8-9-12(10-11)13(2,3)4;/h8-12H,7H2,1-6H3;1-10H;9-11H,5-7H2,1-4H3;/q-1;;-1;. The van der Waals surface area contributed by atoms with E-state index in [0.717, 1.165) is 6.42 Å². The molecule has 0 amide bonds. The van der Waals surface area contributed by atoms with Crippen LogP contribution >= 0.6 is 0 Å². The second-order valence-corrected chi connectivity index (χ2v) is 18.8. The van der Waals surface area contributed by atoms with Crippen molar-refractivity contribution >= 4 is 15.3 Å². The minimum atomic E-state index is 0.0340. The molecule has 1 atom stereocenters. The molecule has 0 spiro atoms. The Labute approximate surface area is 325 Å². The number of benzene rings is 4. The third-order valence-electron chi connectivity index (χ3n) is 11.2. The van der Waals surface area contributed by atoms with E-state index in [2.05, 4.69) is 185 Å². The number of fused-ring (bicyclic) bond motifs is 5. The van der Waals surface area contributed by atoms with Gasteiger partial charge in [-0.3, -0.25) is 12.2 Å². The summed E-state index contributed by atoms with van der Waals surface area (Å²) in [5.74, 6) is 0.592. The fourth-order valence-corrected chi connectivity index (χ4v) is 9.28. The van der Waals surface area contributed by atoms with Crippen molar-refractivity contribution in [2.45, 2.75) is 106 Å². The van der Waals surface area contributed by atoms with E-state index in [1.54, 1.807) is 0 Å². The molecular formula is C51H56Zn-2. The molecule has 1 heteroatoms. The van der Waals surface area contributed by atoms with Crippen molar-refractivity contribution in [1.82, 2.24) is 0 Å². The second-order valence-electron chi connectivity index (χ2n) is 17.4. The maximum absolute atomic E-state index is 3.65. The summed E-state index contributed by atoms with van der Waals surface area (Å²) in [5.41, 5.74) is 19.0. The van der Waals surface area contributed by atoms with E-state index in [9.17, 15) is 0 Å². The molecule has 0 saturated carbocycles. The first-order valence-corrected chi connectivity index (χ1v) is 20.9. The van der Waals surface area contributed by atoms with Crippen LogP contribution in [0.3, 0.4) is 0 Å². The van der Waals surface area contributed by atoms with Crippen LogP contribution in [0.5, 0.6) is 0 Å². The molecule has 264 valence electrons. The Morgan fingerprint density at radius 1 is 0.769 bits per heavy atom. The molecule has 0 saturated heterocycles. The summed E-state index contributed by atoms with van der Waals surface area (Å²) in [4.78, 5) is 0. The Morgan fingerprint density at radius 3 is 1.87 bits per heavy atom. The Bertz CT molecular complexity index is 1960. The molecule has 0 radical (unpaired) electrons. The Kier molecular flexibility index (Phi) is 11.0. The van der Waals surface area contributed by atoms with Crippen LogP contribution in [-0.4, -0.2) is 4.11 Å². The number of hydrogen-bond donors (Lipinski definition) is 0. The molecule has 0 nitrogen and oxygen atoms in total. The fraction of sp³-hybridized carbons (Fsp3) is 0.353. The molecule has 1 unspecified atom stereocenters. The normalized spacial score (nSPS) is 18.1. The molecule has 4 aromatic rings. The van der Waals surface area contributed by atoms with Gasteiger partial charge in [-0.25, -0.2) is 11.6 Å². The van der Waals surface area contributed by atoms with E-state index in [4.69, 9.17) is 0 Å². The van der Waals surface area contributed by atoms with Crippen LogP contribution in [-0.2, 0) is 35.1 Å². The zero-order valence-electron chi connectivity index (χ0n) is 33.4. The van der Waals surface area contributed by atoms with Crippen LogP contribution in [0.1, 0.15) is 133 Å². The summed E-state index contributed by atoms with van der Waals surface area (Å²) in [6, 6.07) is 31.0. The third-order valence-corrected chi connectivity index (χ3v) is 13.0. The average Bonchev–Trinajstić information content (AvgIpc) is 3.84. The van der Waals surface area contributed by atoms with E-state index in [-0.39, 0.29) is 10.8 Å². The molecule has 52 heavy (non-hydrogen) atoms. The van der Waals surface area contributed by atoms with E-state index >= 15 is 0 Å². The summed E-state index contributed by atoms with van der Waals surface area (Å²) in [6.45, 7) is 22.7. The van der Waals surface area contributed by atoms with Crippen molar-refractivity contribution < 1.29 is 17.9 Å². The Balaban J connectivity index is 0.000000147. The Morgan fingerprint density at radius 2 is 1.33 bits per heavy atom. The maximum atomic E-state index is 3.65. The predicted molar refractivity (Wildman–Crippen MR) is 221 cm³/mol. The number of rotatable bonds is 5. The molecular weight excluding hydrogens is 678 g/mol. The van der Waals surface area contributed by atoms with E-state index in [1.165, 1.54) is 114 Å². The molecule has 0 aromatic heterocycles. The van der Waals surface area contributed by atoms with Crippen LogP contribution in [0.25, 0.3) is 22.3 Å². The van der Waals surface area contributed by atoms with Gasteiger partial charge in [0.25, 0.3) is 0 Å². The molecule has 8 rings (SSSR count). The van der Waals surface area contributed by atoms with Crippen LogP contribution in [0, 0.1) is 23.5 Å². The van der Waals surface area contributed by atoms with Crippen molar-refractivity contribution in [2.24, 2.45) is 11.3 Å². The SMILES string of the molecule is CC1=[C-]C(C)(C)c2cc3c(cc21)-c1cc2c(cc1C3)C(C)(C)C=C2C.CCCCC1[C-]=CC(C(C)(C)C)=C1.[Zn]=[C](c1ccccc1)c1ccccc1. The average molecular weight is 734 g/mol. The summed E-state index contributed by atoms with van der Waals surface area (Å²) < 4.78 is 1.45. The summed E-state index contributed by atoms with van der Waals surface area (Å²) in [7, 11) is 0. The van der Waals surface area contributed by atoms with Crippen molar-refractivity contribution in [3.63, 3.8) is 0 Å². The van der Waals surface area contributed by atoms with Gasteiger partial charge in [0.05, 0.1) is 0 Å². The van der Waals surface area contributed by atoms with Gasteiger partial charge in [0.15, 0.2) is 0 Å². The van der Waals surface area contributed by atoms with Crippen molar-refractivity contribution in [2.75, 3.05) is 0 Å². The van der Waals surface area contributed by atoms with Gasteiger partial charge in [-0.05, 0) is 58.4 Å². The predicted octanol–water partition coefficient (Wildman–Crippen LogP) is 13.4. The van der Waals surface area contributed by atoms with Crippen molar-refractivity contribution in [3.8, 4) is 11.1 Å². The Hall–Kier alpha value is -3.67. The number of allylic oxidation sites excluding steroid dienone is 8. The zero-order valence-corrected chi connectivity index (χ0v) is 36.4. The van der Waals surface area contributed by atoms with Gasteiger partial charge in [0, 0.05) is 5.41 Å². The van der Waals surface area contributed by atoms with E-state index in [1.807, 2.05) is 0 Å². The fourth-order valence-electron chi connectivity index (χ4n) is 8.29. The second kappa shape index (κ2) is 15.0. The monoisotopic (exact) mass is 732 g/mol. The van der Waals surface area contributed by atoms with Crippen LogP contribution < -0.4 is 0 Å². The zero-order chi connectivity index (χ0) is 37.4. The minimum absolute atomic E-state index is 0.0340. The third kappa shape index (κ3) is 7.97. The quantitative estimate of drug-likeness (QED) is 0.125. The summed E-state index contributed by atoms with van der Waals surface area (Å²) in [5, 5.41) is 0. The van der Waals surface area contributed by atoms with Crippen molar-refractivity contribution in [1.29, 1.82) is 0 Å². The van der Waals surface area contributed by atoms with Gasteiger partial charge in [-0.1, -0.05) is 117 Å². The molecule has 0 aliphatic heterocycles. The van der Waals surface area contributed by atoms with Gasteiger partial charge in [0.1, 0.15) is 0 Å². The van der Waals surface area contributed by atoms with Crippen molar-refractivity contribution in [3.05, 3.63) is 165 Å². The first-order valence-electron chi connectivity index (χ1n) is 19.4. The van der Waals surface area contributed by atoms with Crippen LogP contribution in [0.2, 0.25) is 0 Å². The van der Waals surface area contributed by atoms with Gasteiger partial charge >= 0.3 is 93.7 Å². The summed E-state index contributed by atoms with van der Waals surface area (Å²) >= 11 is 1.19. The van der Waals surface area contributed by atoms with Crippen LogP contribution in [0.4, 0.5) is 0 Å². The summed E-state index contributed by atoms with van der Waals surface area (Å²) in [6.07, 6.45) is 19.0. The molecule has 0 heterocycles. The first kappa shape index (κ1) is 38.1. The van der Waals surface area contributed by atoms with Gasteiger partial charge < -0.3 is 0 Å². The molecule has 0 fully saturated rings. The number of unbranched alkanes of at least 4 members (excludes halogenated alkanes) is 1. The first-order chi connectivity index (χ1) is 24.6. The molecule has 4 aliphatic carbocycles. The molecule has 0 N–H and O–H groups in total. The van der Waals surface area contributed by atoms with Gasteiger partial charge in [0.2, 0.25) is 0 Å². The molecule has 0 bridgehead atoms. The van der Waals surface area contributed by atoms with E-state index in [0.29, 0.717) is 11.3 Å². The van der Waals surface area contributed by atoms with Gasteiger partial charge in [-0.2, -0.15) is 17.2 Å². The topological polar surface area (TPSA) is 0 Å². The van der Waals surface area contributed by atoms with Crippen LogP contribution in [0.15, 0.2) is 109 Å². The van der Waals surface area contributed by atoms with Gasteiger partial charge in [-0.15, -0.1) is 11.6 Å².